The minimum atomic E-state index is -5.17. The number of ether oxygens (including phenoxy) is 2. The Morgan fingerprint density at radius 2 is 1.37 bits per heavy atom. The lowest BCUT2D eigenvalue weighted by atomic mass is 9.89. The van der Waals surface area contributed by atoms with Crippen LogP contribution in [0.3, 0.4) is 0 Å². The van der Waals surface area contributed by atoms with E-state index in [0.717, 1.165) is 17.0 Å². The van der Waals surface area contributed by atoms with Crippen molar-refractivity contribution >= 4 is 12.1 Å². The van der Waals surface area contributed by atoms with E-state index in [2.05, 4.69) is 0 Å². The van der Waals surface area contributed by atoms with E-state index in [9.17, 15) is 54.2 Å². The second-order valence-corrected chi connectivity index (χ2v) is 12.1. The fraction of sp³-hybridized carbons (Fsp3) is 0.278. The molecule has 6 nitrogen and oxygen atoms in total. The highest BCUT2D eigenvalue weighted by molar-refractivity contribution is 5.89. The Labute approximate surface area is 285 Å². The first-order chi connectivity index (χ1) is 23.6. The van der Waals surface area contributed by atoms with Gasteiger partial charge in [0.15, 0.2) is 0 Å². The lowest BCUT2D eigenvalue weighted by Crippen LogP contribution is -2.32. The Hall–Kier alpha value is -5.21. The standard InChI is InChI=1S/C36H28F9NO5/c1-17-9-21(32(47)48)5-7-27(17)20-6-8-29(50-4)28(14-20)30-18(2)10-24(34(37,38)39)13-23(30)16-46-19(3)31(51-33(46)49)22-11-25(35(40,41)42)15-26(12-22)36(43,44)45/h5-15,19,31H,16H2,1-4H3,(H,47,48)/t19-,31-/m0/s1. The molecule has 1 saturated heterocycles. The van der Waals surface area contributed by atoms with Gasteiger partial charge in [-0.3, -0.25) is 4.90 Å². The molecule has 270 valence electrons. The van der Waals surface area contributed by atoms with Crippen LogP contribution >= 0.6 is 0 Å². The number of halogens is 9. The second-order valence-electron chi connectivity index (χ2n) is 12.1. The molecule has 2 atom stereocenters. The van der Waals surface area contributed by atoms with E-state index in [1.807, 2.05) is 0 Å². The van der Waals surface area contributed by atoms with Gasteiger partial charge in [-0.1, -0.05) is 12.1 Å². The number of aromatic carboxylic acids is 1. The highest BCUT2D eigenvalue weighted by Crippen LogP contribution is 2.45. The number of nitrogens with zero attached hydrogens (tertiary/aromatic N) is 1. The smallest absolute Gasteiger partial charge is 0.416 e. The van der Waals surface area contributed by atoms with Crippen molar-refractivity contribution in [2.24, 2.45) is 0 Å². The zero-order chi connectivity index (χ0) is 37.8. The number of carbonyl (C=O) groups excluding carboxylic acids is 1. The number of cyclic esters (lactones) is 1. The fourth-order valence-electron chi connectivity index (χ4n) is 6.21. The number of hydrogen-bond acceptors (Lipinski definition) is 4. The number of aryl methyl sites for hydroxylation is 2. The van der Waals surface area contributed by atoms with E-state index < -0.39 is 71.5 Å². The van der Waals surface area contributed by atoms with Crippen LogP contribution in [0.2, 0.25) is 0 Å². The fourth-order valence-corrected chi connectivity index (χ4v) is 6.21. The molecule has 1 aliphatic rings. The topological polar surface area (TPSA) is 76.1 Å². The van der Waals surface area contributed by atoms with E-state index in [1.54, 1.807) is 31.2 Å². The van der Waals surface area contributed by atoms with Crippen LogP contribution in [0.4, 0.5) is 44.3 Å². The third kappa shape index (κ3) is 7.47. The summed E-state index contributed by atoms with van der Waals surface area (Å²) in [5, 5.41) is 9.37. The van der Waals surface area contributed by atoms with E-state index in [4.69, 9.17) is 9.47 Å². The van der Waals surface area contributed by atoms with Gasteiger partial charge in [0.1, 0.15) is 11.9 Å². The number of rotatable bonds is 7. The number of amides is 1. The summed E-state index contributed by atoms with van der Waals surface area (Å²) >= 11 is 0. The average molecular weight is 726 g/mol. The first-order valence-electron chi connectivity index (χ1n) is 15.1. The quantitative estimate of drug-likeness (QED) is 0.192. The first-order valence-corrected chi connectivity index (χ1v) is 15.1. The Bertz CT molecular complexity index is 1990. The van der Waals surface area contributed by atoms with Gasteiger partial charge in [-0.05, 0) is 114 Å². The van der Waals surface area contributed by atoms with E-state index >= 15 is 0 Å². The van der Waals surface area contributed by atoms with Crippen molar-refractivity contribution in [3.8, 4) is 28.0 Å². The molecule has 51 heavy (non-hydrogen) atoms. The Morgan fingerprint density at radius 1 is 0.784 bits per heavy atom. The third-order valence-electron chi connectivity index (χ3n) is 8.67. The van der Waals surface area contributed by atoms with Gasteiger partial charge >= 0.3 is 30.6 Å². The summed E-state index contributed by atoms with van der Waals surface area (Å²) in [5.74, 6) is -0.919. The number of carbonyl (C=O) groups is 2. The molecule has 0 bridgehead atoms. The molecule has 15 heteroatoms. The summed E-state index contributed by atoms with van der Waals surface area (Å²) in [6, 6.07) is 10.6. The van der Waals surface area contributed by atoms with Gasteiger partial charge in [0.25, 0.3) is 0 Å². The molecule has 0 aliphatic carbocycles. The Morgan fingerprint density at radius 3 is 1.90 bits per heavy atom. The van der Waals surface area contributed by atoms with Crippen molar-refractivity contribution in [1.29, 1.82) is 0 Å². The highest BCUT2D eigenvalue weighted by atomic mass is 19.4. The van der Waals surface area contributed by atoms with Gasteiger partial charge in [0.2, 0.25) is 0 Å². The van der Waals surface area contributed by atoms with Gasteiger partial charge in [-0.2, -0.15) is 39.5 Å². The molecule has 4 aromatic rings. The molecule has 0 aromatic heterocycles. The largest absolute Gasteiger partial charge is 0.496 e. The maximum absolute atomic E-state index is 14.1. The van der Waals surface area contributed by atoms with Gasteiger partial charge < -0.3 is 14.6 Å². The SMILES string of the molecule is COc1ccc(-c2ccc(C(=O)O)cc2C)cc1-c1c(C)cc(C(F)(F)F)cc1CN1C(=O)O[C@H](c2cc(C(F)(F)F)cc(C(F)(F)F)c2)[C@@H]1C. The lowest BCUT2D eigenvalue weighted by molar-refractivity contribution is -0.143. The van der Waals surface area contributed by atoms with Crippen LogP contribution in [0, 0.1) is 13.8 Å². The molecule has 5 rings (SSSR count). The maximum atomic E-state index is 14.1. The molecular weight excluding hydrogens is 697 g/mol. The predicted molar refractivity (Wildman–Crippen MR) is 166 cm³/mol. The first kappa shape index (κ1) is 37.1. The van der Waals surface area contributed by atoms with Crippen LogP contribution in [0.5, 0.6) is 5.75 Å². The van der Waals surface area contributed by atoms with Gasteiger partial charge in [0.05, 0.1) is 42.0 Å². The summed E-state index contributed by atoms with van der Waals surface area (Å²) in [6.07, 6.45) is -18.0. The summed E-state index contributed by atoms with van der Waals surface area (Å²) < 4.78 is 135. The molecule has 4 aromatic carbocycles. The van der Waals surface area contributed by atoms with Crippen LogP contribution < -0.4 is 4.74 Å². The second kappa shape index (κ2) is 13.2. The molecule has 1 aliphatic heterocycles. The van der Waals surface area contributed by atoms with Crippen molar-refractivity contribution in [1.82, 2.24) is 4.90 Å². The number of carboxylic acid groups (broad SMARTS) is 1. The predicted octanol–water partition coefficient (Wildman–Crippen LogP) is 10.5. The number of alkyl halides is 9. The number of carboxylic acids is 1. The summed E-state index contributed by atoms with van der Waals surface area (Å²) in [6.45, 7) is 3.80. The Kier molecular flexibility index (Phi) is 9.56. The zero-order valence-electron chi connectivity index (χ0n) is 27.1. The van der Waals surface area contributed by atoms with Crippen LogP contribution in [0.25, 0.3) is 22.3 Å². The number of benzene rings is 4. The molecule has 1 heterocycles. The molecule has 0 saturated carbocycles. The third-order valence-corrected chi connectivity index (χ3v) is 8.67. The molecule has 1 N–H and O–H groups in total. The summed E-state index contributed by atoms with van der Waals surface area (Å²) in [4.78, 5) is 25.6. The van der Waals surface area contributed by atoms with E-state index in [0.29, 0.717) is 34.4 Å². The highest BCUT2D eigenvalue weighted by Gasteiger charge is 2.44. The van der Waals surface area contributed by atoms with Gasteiger partial charge in [-0.15, -0.1) is 0 Å². The molecular formula is C36H28F9NO5. The monoisotopic (exact) mass is 725 g/mol. The number of hydrogen-bond donors (Lipinski definition) is 1. The Balaban J connectivity index is 1.63. The maximum Gasteiger partial charge on any atom is 0.416 e. The van der Waals surface area contributed by atoms with E-state index in [1.165, 1.54) is 33.1 Å². The number of methoxy groups -OCH3 is 1. The van der Waals surface area contributed by atoms with Crippen molar-refractivity contribution in [2.45, 2.75) is 58.0 Å². The van der Waals surface area contributed by atoms with Crippen LogP contribution in [-0.4, -0.2) is 35.2 Å². The minimum Gasteiger partial charge on any atom is -0.496 e. The lowest BCUT2D eigenvalue weighted by Gasteiger charge is -2.25. The molecule has 0 unspecified atom stereocenters. The zero-order valence-corrected chi connectivity index (χ0v) is 27.1. The van der Waals surface area contributed by atoms with Crippen LogP contribution in [0.15, 0.2) is 66.7 Å². The van der Waals surface area contributed by atoms with Crippen molar-refractivity contribution in [3.05, 3.63) is 111 Å². The van der Waals surface area contributed by atoms with Crippen molar-refractivity contribution in [3.63, 3.8) is 0 Å². The molecule has 0 radical (unpaired) electrons. The normalized spacial score (nSPS) is 16.7. The van der Waals surface area contributed by atoms with Crippen LogP contribution in [-0.2, 0) is 29.8 Å². The molecule has 0 spiro atoms. The van der Waals surface area contributed by atoms with Gasteiger partial charge in [0, 0.05) is 5.56 Å². The molecule has 1 amide bonds. The van der Waals surface area contributed by atoms with Crippen molar-refractivity contribution < 1.29 is 63.7 Å². The minimum absolute atomic E-state index is 0.0375. The molecule has 1 fully saturated rings. The summed E-state index contributed by atoms with van der Waals surface area (Å²) in [7, 11) is 1.33. The van der Waals surface area contributed by atoms with E-state index in [-0.39, 0.29) is 34.1 Å². The average Bonchev–Trinajstić information content (AvgIpc) is 3.31. The van der Waals surface area contributed by atoms with Crippen LogP contribution in [0.1, 0.15) is 62.3 Å². The van der Waals surface area contributed by atoms with Crippen molar-refractivity contribution in [2.75, 3.05) is 7.11 Å². The summed E-state index contributed by atoms with van der Waals surface area (Å²) in [5.41, 5.74) is -2.59. The van der Waals surface area contributed by atoms with Gasteiger partial charge in [-0.25, -0.2) is 9.59 Å².